The monoisotopic (exact) mass is 244 g/mol. The van der Waals surface area contributed by atoms with E-state index in [1.165, 1.54) is 5.56 Å². The quantitative estimate of drug-likeness (QED) is 0.880. The lowest BCUT2D eigenvalue weighted by Crippen LogP contribution is -2.17. The number of rotatable bonds is 4. The first-order valence-corrected chi connectivity index (χ1v) is 6.50. The highest BCUT2D eigenvalue weighted by Gasteiger charge is 2.11. The van der Waals surface area contributed by atoms with Crippen molar-refractivity contribution in [3.8, 4) is 11.3 Å². The fraction of sp³-hybridized carbons (Fsp3) is 0.400. The summed E-state index contributed by atoms with van der Waals surface area (Å²) in [5.41, 5.74) is 4.13. The van der Waals surface area contributed by atoms with Gasteiger partial charge in [0.1, 0.15) is 0 Å². The second-order valence-corrected chi connectivity index (χ2v) is 4.79. The lowest BCUT2D eigenvalue weighted by atomic mass is 10.1. The smallest absolute Gasteiger partial charge is 0.270 e. The molecular weight excluding hydrogens is 224 g/mol. The summed E-state index contributed by atoms with van der Waals surface area (Å²) in [7, 11) is 0. The molecule has 0 saturated heterocycles. The third-order valence-corrected chi connectivity index (χ3v) is 3.23. The summed E-state index contributed by atoms with van der Waals surface area (Å²) in [5.74, 6) is 0. The van der Waals surface area contributed by atoms with Crippen LogP contribution in [0.15, 0.2) is 29.1 Å². The minimum atomic E-state index is 0.0972. The van der Waals surface area contributed by atoms with E-state index < -0.39 is 0 Å². The summed E-state index contributed by atoms with van der Waals surface area (Å²) < 4.78 is 1.72. The number of benzene rings is 1. The number of unbranched alkanes of at least 4 members (excludes halogenated alkanes) is 1. The van der Waals surface area contributed by atoms with Crippen molar-refractivity contribution < 1.29 is 0 Å². The van der Waals surface area contributed by atoms with Gasteiger partial charge in [-0.25, -0.2) is 0 Å². The number of hydrogen-bond acceptors (Lipinski definition) is 1. The molecule has 0 aliphatic heterocycles. The van der Waals surface area contributed by atoms with Gasteiger partial charge in [0, 0.05) is 17.7 Å². The summed E-state index contributed by atoms with van der Waals surface area (Å²) >= 11 is 0. The number of aromatic nitrogens is 2. The van der Waals surface area contributed by atoms with Crippen molar-refractivity contribution in [2.45, 2.75) is 40.2 Å². The number of nitrogens with one attached hydrogen (secondary N) is 1. The first-order chi connectivity index (χ1) is 8.63. The molecule has 3 heteroatoms. The SMILES string of the molecule is CCCCn1[nH]c(-c2cccc(C)c2)c(C)c1=O. The minimum absolute atomic E-state index is 0.0972. The summed E-state index contributed by atoms with van der Waals surface area (Å²) in [5, 5.41) is 3.23. The molecule has 0 amide bonds. The number of hydrogen-bond donors (Lipinski definition) is 1. The fourth-order valence-electron chi connectivity index (χ4n) is 2.13. The van der Waals surface area contributed by atoms with Gasteiger partial charge < -0.3 is 0 Å². The van der Waals surface area contributed by atoms with Gasteiger partial charge in [-0.1, -0.05) is 37.1 Å². The summed E-state index contributed by atoms with van der Waals surface area (Å²) in [4.78, 5) is 12.1. The number of aryl methyl sites for hydroxylation is 2. The zero-order chi connectivity index (χ0) is 13.1. The van der Waals surface area contributed by atoms with Crippen molar-refractivity contribution in [1.82, 2.24) is 9.78 Å². The number of H-pyrrole nitrogens is 1. The van der Waals surface area contributed by atoms with Crippen molar-refractivity contribution in [2.24, 2.45) is 0 Å². The second-order valence-electron chi connectivity index (χ2n) is 4.79. The Labute approximate surface area is 107 Å². The molecule has 0 bridgehead atoms. The molecule has 0 atom stereocenters. The lowest BCUT2D eigenvalue weighted by molar-refractivity contribution is 0.558. The molecule has 0 radical (unpaired) electrons. The molecule has 0 aliphatic carbocycles. The molecule has 2 rings (SSSR count). The summed E-state index contributed by atoms with van der Waals surface area (Å²) in [6, 6.07) is 8.22. The van der Waals surface area contributed by atoms with Gasteiger partial charge in [0.2, 0.25) is 0 Å². The van der Waals surface area contributed by atoms with Crippen LogP contribution in [-0.2, 0) is 6.54 Å². The zero-order valence-corrected chi connectivity index (χ0v) is 11.3. The van der Waals surface area contributed by atoms with Gasteiger partial charge in [-0.05, 0) is 26.3 Å². The highest BCUT2D eigenvalue weighted by molar-refractivity contribution is 5.63. The second kappa shape index (κ2) is 5.25. The predicted molar refractivity (Wildman–Crippen MR) is 74.9 cm³/mol. The maximum absolute atomic E-state index is 12.1. The molecule has 0 fully saturated rings. The Morgan fingerprint density at radius 2 is 2.06 bits per heavy atom. The maximum Gasteiger partial charge on any atom is 0.270 e. The normalized spacial score (nSPS) is 10.8. The van der Waals surface area contributed by atoms with Crippen LogP contribution in [0.1, 0.15) is 30.9 Å². The highest BCUT2D eigenvalue weighted by atomic mass is 16.1. The van der Waals surface area contributed by atoms with E-state index in [0.717, 1.165) is 36.2 Å². The average Bonchev–Trinajstić information content (AvgIpc) is 2.64. The van der Waals surface area contributed by atoms with Gasteiger partial charge in [-0.2, -0.15) is 0 Å². The molecule has 3 nitrogen and oxygen atoms in total. The molecule has 96 valence electrons. The zero-order valence-electron chi connectivity index (χ0n) is 11.3. The van der Waals surface area contributed by atoms with Crippen molar-refractivity contribution in [2.75, 3.05) is 0 Å². The van der Waals surface area contributed by atoms with E-state index in [0.29, 0.717) is 0 Å². The molecule has 0 unspecified atom stereocenters. The molecule has 0 saturated carbocycles. The average molecular weight is 244 g/mol. The molecule has 1 heterocycles. The Morgan fingerprint density at radius 1 is 1.28 bits per heavy atom. The molecule has 0 spiro atoms. The first kappa shape index (κ1) is 12.7. The highest BCUT2D eigenvalue weighted by Crippen LogP contribution is 2.20. The third-order valence-electron chi connectivity index (χ3n) is 3.23. The van der Waals surface area contributed by atoms with E-state index in [2.05, 4.69) is 31.1 Å². The van der Waals surface area contributed by atoms with Crippen molar-refractivity contribution in [3.05, 3.63) is 45.7 Å². The van der Waals surface area contributed by atoms with Crippen LogP contribution in [0, 0.1) is 13.8 Å². The van der Waals surface area contributed by atoms with Crippen LogP contribution >= 0.6 is 0 Å². The van der Waals surface area contributed by atoms with Crippen molar-refractivity contribution >= 4 is 0 Å². The van der Waals surface area contributed by atoms with Gasteiger partial charge in [0.25, 0.3) is 5.56 Å². The van der Waals surface area contributed by atoms with Crippen LogP contribution in [0.2, 0.25) is 0 Å². The Hall–Kier alpha value is -1.77. The molecular formula is C15H20N2O. The fourth-order valence-corrected chi connectivity index (χ4v) is 2.13. The van der Waals surface area contributed by atoms with Crippen molar-refractivity contribution in [1.29, 1.82) is 0 Å². The van der Waals surface area contributed by atoms with Crippen LogP contribution in [-0.4, -0.2) is 9.78 Å². The minimum Gasteiger partial charge on any atom is -0.295 e. The van der Waals surface area contributed by atoms with E-state index in [-0.39, 0.29) is 5.56 Å². The van der Waals surface area contributed by atoms with Crippen LogP contribution in [0.3, 0.4) is 0 Å². The molecule has 18 heavy (non-hydrogen) atoms. The van der Waals surface area contributed by atoms with Crippen LogP contribution < -0.4 is 5.56 Å². The Kier molecular flexibility index (Phi) is 3.70. The molecule has 1 aromatic heterocycles. The molecule has 2 aromatic rings. The number of aromatic amines is 1. The Morgan fingerprint density at radius 3 is 2.72 bits per heavy atom. The molecule has 0 aliphatic rings. The standard InChI is InChI=1S/C15H20N2O/c1-4-5-9-17-15(18)12(3)14(16-17)13-8-6-7-11(2)10-13/h6-8,10,16H,4-5,9H2,1-3H3. The van der Waals surface area contributed by atoms with E-state index in [1.807, 2.05) is 19.1 Å². The Balaban J connectivity index is 2.43. The van der Waals surface area contributed by atoms with E-state index in [1.54, 1.807) is 4.68 Å². The lowest BCUT2D eigenvalue weighted by Gasteiger charge is -2.02. The van der Waals surface area contributed by atoms with Crippen LogP contribution in [0.25, 0.3) is 11.3 Å². The van der Waals surface area contributed by atoms with E-state index in [9.17, 15) is 4.79 Å². The van der Waals surface area contributed by atoms with Crippen LogP contribution in [0.4, 0.5) is 0 Å². The first-order valence-electron chi connectivity index (χ1n) is 6.50. The third kappa shape index (κ3) is 2.40. The van der Waals surface area contributed by atoms with Gasteiger partial charge in [-0.3, -0.25) is 14.6 Å². The Bertz CT molecular complexity index is 593. The summed E-state index contributed by atoms with van der Waals surface area (Å²) in [6.07, 6.45) is 2.11. The van der Waals surface area contributed by atoms with Gasteiger partial charge in [-0.15, -0.1) is 0 Å². The molecule has 1 N–H and O–H groups in total. The van der Waals surface area contributed by atoms with Gasteiger partial charge in [0.05, 0.1) is 5.69 Å². The summed E-state index contributed by atoms with van der Waals surface area (Å²) in [6.45, 7) is 6.84. The van der Waals surface area contributed by atoms with Gasteiger partial charge >= 0.3 is 0 Å². The predicted octanol–water partition coefficient (Wildman–Crippen LogP) is 3.26. The largest absolute Gasteiger partial charge is 0.295 e. The van der Waals surface area contributed by atoms with E-state index >= 15 is 0 Å². The van der Waals surface area contributed by atoms with Crippen LogP contribution in [0.5, 0.6) is 0 Å². The van der Waals surface area contributed by atoms with Gasteiger partial charge in [0.15, 0.2) is 0 Å². The maximum atomic E-state index is 12.1. The van der Waals surface area contributed by atoms with E-state index in [4.69, 9.17) is 0 Å². The number of nitrogens with zero attached hydrogens (tertiary/aromatic N) is 1. The molecule has 1 aromatic carbocycles. The van der Waals surface area contributed by atoms with Crippen molar-refractivity contribution in [3.63, 3.8) is 0 Å². The topological polar surface area (TPSA) is 37.8 Å².